The highest BCUT2D eigenvalue weighted by Gasteiger charge is 2.29. The maximum atomic E-state index is 12.8. The molecule has 1 unspecified atom stereocenters. The number of likely N-dealkylation sites (N-methyl/N-ethyl adjacent to an activating group) is 1. The maximum absolute atomic E-state index is 12.8. The Morgan fingerprint density at radius 2 is 1.93 bits per heavy atom. The molecule has 3 aromatic rings. The van der Waals surface area contributed by atoms with E-state index in [0.717, 1.165) is 29.9 Å². The molecule has 0 aliphatic carbocycles. The molecule has 236 valence electrons. The first-order valence-corrected chi connectivity index (χ1v) is 14.6. The minimum absolute atomic E-state index is 0.0198. The van der Waals surface area contributed by atoms with E-state index >= 15 is 0 Å². The Morgan fingerprint density at radius 1 is 1.11 bits per heavy atom. The summed E-state index contributed by atoms with van der Waals surface area (Å²) < 4.78 is 40.9. The van der Waals surface area contributed by atoms with Crippen LogP contribution in [0.4, 0.5) is 28.4 Å². The normalized spacial score (nSPS) is 18.4. The zero-order valence-electron chi connectivity index (χ0n) is 24.5. The summed E-state index contributed by atoms with van der Waals surface area (Å²) in [6.07, 6.45) is 11.0. The zero-order chi connectivity index (χ0) is 31.6. The van der Waals surface area contributed by atoms with Crippen LogP contribution < -0.4 is 16.0 Å². The predicted octanol–water partition coefficient (Wildman–Crippen LogP) is 4.29. The minimum Gasteiger partial charge on any atom is -0.375 e. The van der Waals surface area contributed by atoms with E-state index in [-0.39, 0.29) is 18.0 Å². The topological polar surface area (TPSA) is 125 Å². The zero-order valence-corrected chi connectivity index (χ0v) is 24.5. The van der Waals surface area contributed by atoms with Gasteiger partial charge in [0.05, 0.1) is 30.7 Å². The first-order valence-electron chi connectivity index (χ1n) is 14.6. The molecule has 2 aromatic heterocycles. The number of nitrogens with zero attached hydrogens (tertiary/aromatic N) is 7. The summed E-state index contributed by atoms with van der Waals surface area (Å²) in [6, 6.07) is 5.92. The van der Waals surface area contributed by atoms with E-state index in [1.165, 1.54) is 0 Å². The molecule has 5 heterocycles. The third kappa shape index (κ3) is 7.19. The second-order valence-corrected chi connectivity index (χ2v) is 11.3. The van der Waals surface area contributed by atoms with E-state index in [2.05, 4.69) is 25.8 Å². The summed E-state index contributed by atoms with van der Waals surface area (Å²) in [7, 11) is 1.96. The van der Waals surface area contributed by atoms with Crippen LogP contribution >= 0.6 is 0 Å². The molecule has 3 aliphatic heterocycles. The predicted molar refractivity (Wildman–Crippen MR) is 162 cm³/mol. The fourth-order valence-electron chi connectivity index (χ4n) is 5.62. The quantitative estimate of drug-likeness (QED) is 0.379. The molecule has 12 nitrogen and oxygen atoms in total. The Hall–Kier alpha value is -5.08. The number of aromatic nitrogens is 4. The van der Waals surface area contributed by atoms with Gasteiger partial charge in [0.25, 0.3) is 0 Å². The van der Waals surface area contributed by atoms with Crippen molar-refractivity contribution < 1.29 is 22.8 Å². The Morgan fingerprint density at radius 3 is 2.71 bits per heavy atom. The van der Waals surface area contributed by atoms with Gasteiger partial charge in [-0.2, -0.15) is 23.4 Å². The second-order valence-electron chi connectivity index (χ2n) is 11.3. The van der Waals surface area contributed by atoms with Gasteiger partial charge in [0.15, 0.2) is 0 Å². The number of halogens is 3. The lowest BCUT2D eigenvalue weighted by Crippen LogP contribution is -2.45. The number of amides is 4. The van der Waals surface area contributed by atoms with E-state index < -0.39 is 18.8 Å². The smallest absolute Gasteiger partial charge is 0.375 e. The first-order chi connectivity index (χ1) is 21.6. The number of imidazole rings is 1. The number of benzene rings is 1. The van der Waals surface area contributed by atoms with Crippen LogP contribution in [0.3, 0.4) is 0 Å². The van der Waals surface area contributed by atoms with Crippen molar-refractivity contribution in [1.82, 2.24) is 39.9 Å². The van der Waals surface area contributed by atoms with Gasteiger partial charge >= 0.3 is 18.2 Å². The fraction of sp³-hybridized carbons (Fsp3) is 0.367. The Kier molecular flexibility index (Phi) is 8.32. The van der Waals surface area contributed by atoms with Gasteiger partial charge in [0.2, 0.25) is 0 Å². The van der Waals surface area contributed by atoms with Gasteiger partial charge in [-0.1, -0.05) is 12.1 Å². The van der Waals surface area contributed by atoms with E-state index in [1.54, 1.807) is 34.4 Å². The number of alkyl halides is 3. The van der Waals surface area contributed by atoms with Crippen LogP contribution in [0.2, 0.25) is 0 Å². The number of rotatable bonds is 6. The van der Waals surface area contributed by atoms with Crippen molar-refractivity contribution in [2.75, 3.05) is 38.5 Å². The summed E-state index contributed by atoms with van der Waals surface area (Å²) in [6.45, 7) is 0.536. The number of allylic oxidation sites excluding steroid dienone is 2. The molecule has 1 aromatic carbocycles. The van der Waals surface area contributed by atoms with Gasteiger partial charge in [-0.15, -0.1) is 0 Å². The number of likely N-dealkylation sites (tertiary alicyclic amines) is 1. The molecule has 0 radical (unpaired) electrons. The Labute approximate surface area is 257 Å². The molecule has 1 atom stereocenters. The van der Waals surface area contributed by atoms with Crippen LogP contribution in [0.15, 0.2) is 72.0 Å². The number of carbonyl (C=O) groups is 2. The molecule has 15 heteroatoms. The largest absolute Gasteiger partial charge is 0.405 e. The number of carbonyl (C=O) groups excluding carboxylic acids is 2. The Balaban J connectivity index is 1.04. The molecule has 3 N–H and O–H groups in total. The van der Waals surface area contributed by atoms with Crippen molar-refractivity contribution in [3.63, 3.8) is 0 Å². The van der Waals surface area contributed by atoms with Gasteiger partial charge in [0.1, 0.15) is 12.4 Å². The van der Waals surface area contributed by atoms with Crippen LogP contribution in [0.25, 0.3) is 11.3 Å². The number of urea groups is 2. The van der Waals surface area contributed by atoms with E-state index in [0.29, 0.717) is 43.0 Å². The number of piperidine rings is 1. The number of fused-ring (bicyclic) bond motifs is 1. The molecule has 0 saturated carbocycles. The summed E-state index contributed by atoms with van der Waals surface area (Å²) in [5.41, 5.74) is 3.63. The van der Waals surface area contributed by atoms with Crippen LogP contribution in [0, 0.1) is 0 Å². The van der Waals surface area contributed by atoms with Gasteiger partial charge in [-0.3, -0.25) is 4.68 Å². The van der Waals surface area contributed by atoms with Crippen molar-refractivity contribution in [1.29, 1.82) is 0 Å². The van der Waals surface area contributed by atoms with Crippen molar-refractivity contribution in [2.45, 2.75) is 37.4 Å². The lowest BCUT2D eigenvalue weighted by Gasteiger charge is -2.33. The summed E-state index contributed by atoms with van der Waals surface area (Å²) >= 11 is 0. The molecule has 0 spiro atoms. The molecule has 4 amide bonds. The van der Waals surface area contributed by atoms with Crippen molar-refractivity contribution >= 4 is 24.0 Å². The molecular formula is C30H33F3N10O2. The summed E-state index contributed by atoms with van der Waals surface area (Å²) in [4.78, 5) is 33.1. The van der Waals surface area contributed by atoms with E-state index in [4.69, 9.17) is 0 Å². The van der Waals surface area contributed by atoms with Crippen molar-refractivity contribution in [3.05, 3.63) is 78.3 Å². The highest BCUT2D eigenvalue weighted by atomic mass is 19.4. The average molecular weight is 623 g/mol. The number of hydrogen-bond donors (Lipinski definition) is 3. The van der Waals surface area contributed by atoms with Gasteiger partial charge < -0.3 is 25.8 Å². The molecule has 1 fully saturated rings. The number of hydrogen-bond acceptors (Lipinski definition) is 6. The lowest BCUT2D eigenvalue weighted by molar-refractivity contribution is -0.122. The van der Waals surface area contributed by atoms with Gasteiger partial charge in [0, 0.05) is 61.8 Å². The van der Waals surface area contributed by atoms with Crippen LogP contribution in [0.5, 0.6) is 0 Å². The highest BCUT2D eigenvalue weighted by Crippen LogP contribution is 2.30. The molecule has 0 bridgehead atoms. The average Bonchev–Trinajstić information content (AvgIpc) is 3.68. The number of anilines is 1. The maximum Gasteiger partial charge on any atom is 0.405 e. The standard InChI is InChI=1S/C30H33F3N10O2/c1-40-9-3-6-24(18-40)39-29(45)41-10-7-25(8-11-41)42-17-22(15-36-42)21-13-27-34-16-26(43(27)37-14-21)20-4-2-5-23(12-20)38-28(44)35-19-30(31,32)33/h2-6,9,12,14-17,21,25H,7-8,10-11,13,18-19H2,1H3,(H,39,45)(H2,35,38,44). The molecule has 3 aliphatic rings. The van der Waals surface area contributed by atoms with Crippen LogP contribution in [0.1, 0.15) is 36.2 Å². The van der Waals surface area contributed by atoms with Gasteiger partial charge in [-0.25, -0.2) is 19.2 Å². The van der Waals surface area contributed by atoms with Crippen LogP contribution in [-0.2, 0) is 6.42 Å². The van der Waals surface area contributed by atoms with Crippen LogP contribution in [-0.4, -0.2) is 86.9 Å². The Bertz CT molecular complexity index is 1650. The molecule has 45 heavy (non-hydrogen) atoms. The third-order valence-corrected chi connectivity index (χ3v) is 7.94. The first kappa shape index (κ1) is 30.0. The summed E-state index contributed by atoms with van der Waals surface area (Å²) in [5, 5.41) is 16.5. The van der Waals surface area contributed by atoms with Crippen molar-refractivity contribution in [3.8, 4) is 11.3 Å². The summed E-state index contributed by atoms with van der Waals surface area (Å²) in [5.74, 6) is 0.731. The van der Waals surface area contributed by atoms with E-state index in [1.807, 2.05) is 64.6 Å². The minimum atomic E-state index is -4.50. The second kappa shape index (κ2) is 12.5. The fourth-order valence-corrected chi connectivity index (χ4v) is 5.62. The highest BCUT2D eigenvalue weighted by molar-refractivity contribution is 5.90. The van der Waals surface area contributed by atoms with E-state index in [9.17, 15) is 22.8 Å². The molecule has 6 rings (SSSR count). The van der Waals surface area contributed by atoms with Crippen molar-refractivity contribution in [2.24, 2.45) is 5.10 Å². The SMILES string of the molecule is CN1C=CC=C(NC(=O)N2CCC(n3cc(C4C=Nn5c(-c6cccc(NC(=O)NCC(F)(F)F)c6)cnc5C4)cn3)CC2)C1. The monoisotopic (exact) mass is 622 g/mol. The lowest BCUT2D eigenvalue weighted by atomic mass is 9.99. The third-order valence-electron chi connectivity index (χ3n) is 7.94. The van der Waals surface area contributed by atoms with Gasteiger partial charge in [-0.05, 0) is 48.9 Å². The molecule has 1 saturated heterocycles. The molecular weight excluding hydrogens is 589 g/mol. The number of nitrogens with one attached hydrogen (secondary N) is 3.